The summed E-state index contributed by atoms with van der Waals surface area (Å²) in [7, 11) is 0. The molecule has 4 rings (SSSR count). The van der Waals surface area contributed by atoms with Gasteiger partial charge in [-0.05, 0) is 43.6 Å². The van der Waals surface area contributed by atoms with Crippen molar-refractivity contribution in [2.24, 2.45) is 5.92 Å². The summed E-state index contributed by atoms with van der Waals surface area (Å²) in [5, 5.41) is 14.5. The summed E-state index contributed by atoms with van der Waals surface area (Å²) in [6.07, 6.45) is 7.15. The Hall–Kier alpha value is -1.24. The van der Waals surface area contributed by atoms with Crippen molar-refractivity contribution < 1.29 is 9.84 Å². The smallest absolute Gasteiger partial charge is 0.138 e. The zero-order valence-corrected chi connectivity index (χ0v) is 13.4. The van der Waals surface area contributed by atoms with Crippen LogP contribution in [0.4, 0.5) is 5.82 Å². The van der Waals surface area contributed by atoms with Gasteiger partial charge < -0.3 is 15.2 Å². The Bertz CT molecular complexity index is 669. The minimum atomic E-state index is -0.504. The first-order chi connectivity index (χ1) is 10.8. The van der Waals surface area contributed by atoms with Crippen LogP contribution in [0.5, 0.6) is 0 Å². The Labute approximate surface area is 133 Å². The molecule has 0 bridgehead atoms. The minimum Gasteiger partial charge on any atom is -0.389 e. The van der Waals surface area contributed by atoms with Gasteiger partial charge in [0.25, 0.3) is 0 Å². The molecule has 2 heterocycles. The number of thiophene rings is 1. The summed E-state index contributed by atoms with van der Waals surface area (Å²) in [6.45, 7) is 1.63. The third kappa shape index (κ3) is 2.95. The molecule has 0 radical (unpaired) electrons. The number of anilines is 1. The lowest BCUT2D eigenvalue weighted by Gasteiger charge is -2.13. The first-order valence-corrected chi connectivity index (χ1v) is 8.88. The lowest BCUT2D eigenvalue weighted by Crippen LogP contribution is -2.25. The Kier molecular flexibility index (Phi) is 3.98. The second-order valence-corrected chi connectivity index (χ2v) is 7.36. The van der Waals surface area contributed by atoms with Gasteiger partial charge in [-0.2, -0.15) is 0 Å². The molecule has 0 spiro atoms. The van der Waals surface area contributed by atoms with E-state index in [0.717, 1.165) is 41.4 Å². The quantitative estimate of drug-likeness (QED) is 0.820. The van der Waals surface area contributed by atoms with Gasteiger partial charge in [-0.1, -0.05) is 0 Å². The minimum absolute atomic E-state index is 0.388. The van der Waals surface area contributed by atoms with Crippen LogP contribution in [0.3, 0.4) is 0 Å². The van der Waals surface area contributed by atoms with Crippen molar-refractivity contribution in [1.29, 1.82) is 0 Å². The fraction of sp³-hybridized carbons (Fsp3) is 0.625. The first kappa shape index (κ1) is 14.4. The average molecular weight is 319 g/mol. The maximum atomic E-state index is 10.0. The Morgan fingerprint density at radius 1 is 1.36 bits per heavy atom. The Morgan fingerprint density at radius 3 is 3.14 bits per heavy atom. The van der Waals surface area contributed by atoms with Crippen LogP contribution < -0.4 is 5.32 Å². The van der Waals surface area contributed by atoms with Crippen molar-refractivity contribution in [1.82, 2.24) is 9.97 Å². The number of nitrogens with zero attached hydrogens (tertiary/aromatic N) is 2. The van der Waals surface area contributed by atoms with Gasteiger partial charge in [0.2, 0.25) is 0 Å². The number of rotatable bonds is 7. The number of aryl methyl sites for hydroxylation is 2. The first-order valence-electron chi connectivity index (χ1n) is 8.06. The summed E-state index contributed by atoms with van der Waals surface area (Å²) >= 11 is 1.78. The van der Waals surface area contributed by atoms with Gasteiger partial charge in [0.05, 0.1) is 18.1 Å². The van der Waals surface area contributed by atoms with Crippen molar-refractivity contribution >= 4 is 27.4 Å². The molecule has 1 atom stereocenters. The third-order valence-corrected chi connectivity index (χ3v) is 5.57. The summed E-state index contributed by atoms with van der Waals surface area (Å²) in [4.78, 5) is 11.3. The van der Waals surface area contributed by atoms with Crippen LogP contribution in [0.15, 0.2) is 6.33 Å². The van der Waals surface area contributed by atoms with Crippen LogP contribution in [0.2, 0.25) is 0 Å². The lowest BCUT2D eigenvalue weighted by atomic mass is 10.2. The van der Waals surface area contributed by atoms with E-state index in [-0.39, 0.29) is 0 Å². The highest BCUT2D eigenvalue weighted by Crippen LogP contribution is 2.38. The van der Waals surface area contributed by atoms with E-state index < -0.39 is 6.10 Å². The molecule has 0 aliphatic heterocycles. The van der Waals surface area contributed by atoms with Crippen molar-refractivity contribution in [2.45, 2.75) is 38.2 Å². The number of aliphatic hydroxyl groups excluding tert-OH is 1. The topological polar surface area (TPSA) is 67.3 Å². The summed E-state index contributed by atoms with van der Waals surface area (Å²) in [6, 6.07) is 0. The molecule has 2 aromatic heterocycles. The normalized spacial score (nSPS) is 18.6. The summed E-state index contributed by atoms with van der Waals surface area (Å²) in [5.41, 5.74) is 1.41. The van der Waals surface area contributed by atoms with Gasteiger partial charge in [0.15, 0.2) is 0 Å². The van der Waals surface area contributed by atoms with Crippen molar-refractivity contribution in [3.63, 3.8) is 0 Å². The van der Waals surface area contributed by atoms with E-state index >= 15 is 0 Å². The van der Waals surface area contributed by atoms with Crippen molar-refractivity contribution in [2.75, 3.05) is 25.1 Å². The molecule has 0 amide bonds. The van der Waals surface area contributed by atoms with E-state index in [4.69, 9.17) is 4.74 Å². The number of hydrogen-bond donors (Lipinski definition) is 2. The van der Waals surface area contributed by atoms with E-state index in [1.807, 2.05) is 0 Å². The number of aliphatic hydroxyl groups is 1. The number of ether oxygens (including phenoxy) is 1. The molecule has 6 heteroatoms. The molecular weight excluding hydrogens is 298 g/mol. The molecule has 2 N–H and O–H groups in total. The molecule has 5 nitrogen and oxygen atoms in total. The summed E-state index contributed by atoms with van der Waals surface area (Å²) in [5.74, 6) is 1.58. The molecule has 2 aromatic rings. The fourth-order valence-corrected chi connectivity index (χ4v) is 4.22. The van der Waals surface area contributed by atoms with Crippen molar-refractivity contribution in [3.8, 4) is 0 Å². The van der Waals surface area contributed by atoms with E-state index in [1.165, 1.54) is 29.7 Å². The molecule has 1 unspecified atom stereocenters. The number of hydrogen-bond acceptors (Lipinski definition) is 6. The molecule has 2 aliphatic carbocycles. The molecular formula is C16H21N3O2S. The zero-order chi connectivity index (χ0) is 14.9. The molecule has 0 aromatic carbocycles. The molecule has 22 heavy (non-hydrogen) atoms. The molecule has 0 saturated heterocycles. The van der Waals surface area contributed by atoms with E-state index in [2.05, 4.69) is 15.3 Å². The van der Waals surface area contributed by atoms with Gasteiger partial charge in [0, 0.05) is 18.0 Å². The average Bonchev–Trinajstić information content (AvgIpc) is 3.10. The maximum absolute atomic E-state index is 10.0. The van der Waals surface area contributed by atoms with Gasteiger partial charge >= 0.3 is 0 Å². The van der Waals surface area contributed by atoms with Crippen LogP contribution in [0, 0.1) is 5.92 Å². The van der Waals surface area contributed by atoms with Crippen LogP contribution >= 0.6 is 11.3 Å². The molecule has 2 aliphatic rings. The van der Waals surface area contributed by atoms with Gasteiger partial charge in [-0.3, -0.25) is 0 Å². The predicted octanol–water partition coefficient (Wildman–Crippen LogP) is 2.38. The Morgan fingerprint density at radius 2 is 2.27 bits per heavy atom. The number of nitrogens with one attached hydrogen (secondary N) is 1. The molecule has 1 fully saturated rings. The zero-order valence-electron chi connectivity index (χ0n) is 12.5. The van der Waals surface area contributed by atoms with Gasteiger partial charge in [-0.25, -0.2) is 9.97 Å². The highest BCUT2D eigenvalue weighted by Gasteiger charge is 2.22. The van der Waals surface area contributed by atoms with Crippen LogP contribution in [0.25, 0.3) is 10.2 Å². The van der Waals surface area contributed by atoms with Crippen LogP contribution in [-0.4, -0.2) is 40.9 Å². The predicted molar refractivity (Wildman–Crippen MR) is 87.5 cm³/mol. The van der Waals surface area contributed by atoms with Crippen LogP contribution in [0.1, 0.15) is 29.7 Å². The second kappa shape index (κ2) is 6.10. The standard InChI is InChI=1S/C16H21N3O2S/c20-11(8-21-7-10-4-5-10)6-17-15-14-12-2-1-3-13(12)22-16(14)19-9-18-15/h9-11,20H,1-8H2,(H,17,18,19). The van der Waals surface area contributed by atoms with E-state index in [0.29, 0.717) is 13.2 Å². The fourth-order valence-electron chi connectivity index (χ4n) is 2.99. The monoisotopic (exact) mass is 319 g/mol. The van der Waals surface area contributed by atoms with Crippen LogP contribution in [-0.2, 0) is 17.6 Å². The third-order valence-electron chi connectivity index (χ3n) is 4.37. The van der Waals surface area contributed by atoms with E-state index in [9.17, 15) is 5.11 Å². The van der Waals surface area contributed by atoms with E-state index in [1.54, 1.807) is 17.7 Å². The number of fused-ring (bicyclic) bond motifs is 3. The maximum Gasteiger partial charge on any atom is 0.138 e. The Balaban J connectivity index is 1.40. The van der Waals surface area contributed by atoms with Gasteiger partial charge in [0.1, 0.15) is 17.0 Å². The highest BCUT2D eigenvalue weighted by molar-refractivity contribution is 7.19. The van der Waals surface area contributed by atoms with Gasteiger partial charge in [-0.15, -0.1) is 11.3 Å². The van der Waals surface area contributed by atoms with Crippen molar-refractivity contribution in [3.05, 3.63) is 16.8 Å². The highest BCUT2D eigenvalue weighted by atomic mass is 32.1. The summed E-state index contributed by atoms with van der Waals surface area (Å²) < 4.78 is 5.53. The number of aromatic nitrogens is 2. The molecule has 1 saturated carbocycles. The lowest BCUT2D eigenvalue weighted by molar-refractivity contribution is 0.0386. The molecule has 118 valence electrons. The second-order valence-electron chi connectivity index (χ2n) is 6.28. The largest absolute Gasteiger partial charge is 0.389 e. The SMILES string of the molecule is OC(CNc1ncnc2sc3c(c12)CCC3)COCC1CC1.